The zero-order chi connectivity index (χ0) is 11.0. The summed E-state index contributed by atoms with van der Waals surface area (Å²) in [5, 5.41) is 4.40. The molecule has 1 aromatic rings. The number of rotatable bonds is 2. The zero-order valence-corrected chi connectivity index (χ0v) is 11.4. The molecule has 2 N–H and O–H groups in total. The number of nitrogens with two attached hydrogens (primary N) is 1. The van der Waals surface area contributed by atoms with E-state index in [-0.39, 0.29) is 0 Å². The SMILES string of the molecule is Cc1nn(C)c(CC2CSCC2N)c1Br. The highest BCUT2D eigenvalue weighted by Gasteiger charge is 2.26. The normalized spacial score (nSPS) is 26.1. The second-order valence-corrected chi connectivity index (χ2v) is 6.00. The lowest BCUT2D eigenvalue weighted by Gasteiger charge is -2.14. The minimum absolute atomic E-state index is 0.345. The standard InChI is InChI=1S/C10H16BrN3S/c1-6-10(11)9(14(2)13-6)3-7-4-15-5-8(7)12/h7-8H,3-5,12H2,1-2H3. The maximum absolute atomic E-state index is 6.07. The quantitative estimate of drug-likeness (QED) is 0.902. The third-order valence-corrected chi connectivity index (χ3v) is 5.28. The topological polar surface area (TPSA) is 43.8 Å². The number of aryl methyl sites for hydroxylation is 2. The van der Waals surface area contributed by atoms with Crippen molar-refractivity contribution in [1.29, 1.82) is 0 Å². The minimum Gasteiger partial charge on any atom is -0.327 e. The molecule has 15 heavy (non-hydrogen) atoms. The largest absolute Gasteiger partial charge is 0.327 e. The minimum atomic E-state index is 0.345. The molecular formula is C10H16BrN3S. The molecule has 1 fully saturated rings. The fourth-order valence-electron chi connectivity index (χ4n) is 1.98. The Kier molecular flexibility index (Phi) is 3.42. The summed E-state index contributed by atoms with van der Waals surface area (Å²) in [4.78, 5) is 0. The van der Waals surface area contributed by atoms with Crippen LogP contribution in [-0.2, 0) is 13.5 Å². The lowest BCUT2D eigenvalue weighted by Crippen LogP contribution is -2.30. The van der Waals surface area contributed by atoms with Crippen LogP contribution in [0.4, 0.5) is 0 Å². The molecule has 0 bridgehead atoms. The molecule has 0 saturated carbocycles. The number of halogens is 1. The van der Waals surface area contributed by atoms with E-state index >= 15 is 0 Å². The van der Waals surface area contributed by atoms with E-state index in [0.717, 1.165) is 22.3 Å². The summed E-state index contributed by atoms with van der Waals surface area (Å²) in [5.41, 5.74) is 8.40. The van der Waals surface area contributed by atoms with Crippen LogP contribution in [0, 0.1) is 12.8 Å². The average Bonchev–Trinajstić information content (AvgIpc) is 2.67. The van der Waals surface area contributed by atoms with Crippen LogP contribution in [0.1, 0.15) is 11.4 Å². The number of hydrogen-bond acceptors (Lipinski definition) is 3. The molecule has 2 atom stereocenters. The maximum Gasteiger partial charge on any atom is 0.0738 e. The van der Waals surface area contributed by atoms with Crippen molar-refractivity contribution in [2.75, 3.05) is 11.5 Å². The Bertz CT molecular complexity index is 364. The van der Waals surface area contributed by atoms with E-state index < -0.39 is 0 Å². The highest BCUT2D eigenvalue weighted by atomic mass is 79.9. The van der Waals surface area contributed by atoms with Gasteiger partial charge in [0, 0.05) is 18.8 Å². The second kappa shape index (κ2) is 4.47. The van der Waals surface area contributed by atoms with E-state index in [9.17, 15) is 0 Å². The summed E-state index contributed by atoms with van der Waals surface area (Å²) in [6.07, 6.45) is 1.03. The summed E-state index contributed by atoms with van der Waals surface area (Å²) >= 11 is 5.56. The van der Waals surface area contributed by atoms with Crippen molar-refractivity contribution < 1.29 is 0 Å². The number of nitrogens with zero attached hydrogens (tertiary/aromatic N) is 2. The van der Waals surface area contributed by atoms with Crippen LogP contribution in [0.25, 0.3) is 0 Å². The van der Waals surface area contributed by atoms with Gasteiger partial charge in [0.1, 0.15) is 0 Å². The monoisotopic (exact) mass is 289 g/mol. The molecule has 1 aromatic heterocycles. The fourth-order valence-corrected chi connectivity index (χ4v) is 3.82. The zero-order valence-electron chi connectivity index (χ0n) is 9.03. The highest BCUT2D eigenvalue weighted by Crippen LogP contribution is 2.29. The summed E-state index contributed by atoms with van der Waals surface area (Å²) < 4.78 is 3.11. The number of hydrogen-bond donors (Lipinski definition) is 1. The van der Waals surface area contributed by atoms with Crippen LogP contribution in [0.5, 0.6) is 0 Å². The van der Waals surface area contributed by atoms with Crippen molar-refractivity contribution in [1.82, 2.24) is 9.78 Å². The van der Waals surface area contributed by atoms with Crippen molar-refractivity contribution in [3.05, 3.63) is 15.9 Å². The predicted octanol–water partition coefficient (Wildman–Crippen LogP) is 1.72. The first-order chi connectivity index (χ1) is 7.09. The highest BCUT2D eigenvalue weighted by molar-refractivity contribution is 9.10. The van der Waals surface area contributed by atoms with Gasteiger partial charge in [-0.05, 0) is 40.9 Å². The lowest BCUT2D eigenvalue weighted by molar-refractivity contribution is 0.495. The van der Waals surface area contributed by atoms with Crippen LogP contribution in [-0.4, -0.2) is 27.3 Å². The van der Waals surface area contributed by atoms with E-state index in [4.69, 9.17) is 5.73 Å². The van der Waals surface area contributed by atoms with Crippen LogP contribution < -0.4 is 5.73 Å². The lowest BCUT2D eigenvalue weighted by atomic mass is 9.98. The number of aromatic nitrogens is 2. The molecule has 2 unspecified atom stereocenters. The summed E-state index contributed by atoms with van der Waals surface area (Å²) in [6, 6.07) is 0.345. The maximum atomic E-state index is 6.07. The van der Waals surface area contributed by atoms with E-state index in [1.807, 2.05) is 30.4 Å². The van der Waals surface area contributed by atoms with Gasteiger partial charge in [-0.3, -0.25) is 4.68 Å². The molecule has 5 heteroatoms. The van der Waals surface area contributed by atoms with Gasteiger partial charge in [-0.2, -0.15) is 16.9 Å². The van der Waals surface area contributed by atoms with Crippen molar-refractivity contribution in [3.63, 3.8) is 0 Å². The van der Waals surface area contributed by atoms with Crippen LogP contribution in [0.15, 0.2) is 4.47 Å². The molecule has 2 rings (SSSR count). The van der Waals surface area contributed by atoms with Gasteiger partial charge in [-0.15, -0.1) is 0 Å². The van der Waals surface area contributed by atoms with Crippen LogP contribution in [0.2, 0.25) is 0 Å². The molecule has 0 amide bonds. The van der Waals surface area contributed by atoms with Crippen molar-refractivity contribution in [3.8, 4) is 0 Å². The van der Waals surface area contributed by atoms with Gasteiger partial charge in [0.25, 0.3) is 0 Å². The van der Waals surface area contributed by atoms with Gasteiger partial charge >= 0.3 is 0 Å². The molecule has 0 aliphatic carbocycles. The summed E-state index contributed by atoms with van der Waals surface area (Å²) in [6.45, 7) is 2.02. The Morgan fingerprint density at radius 2 is 2.33 bits per heavy atom. The smallest absolute Gasteiger partial charge is 0.0738 e. The second-order valence-electron chi connectivity index (χ2n) is 4.14. The molecule has 0 aromatic carbocycles. The Balaban J connectivity index is 2.16. The van der Waals surface area contributed by atoms with Gasteiger partial charge in [0.05, 0.1) is 15.9 Å². The van der Waals surface area contributed by atoms with Gasteiger partial charge < -0.3 is 5.73 Å². The van der Waals surface area contributed by atoms with Gasteiger partial charge in [0.15, 0.2) is 0 Å². The van der Waals surface area contributed by atoms with Crippen LogP contribution in [0.3, 0.4) is 0 Å². The van der Waals surface area contributed by atoms with E-state index in [2.05, 4.69) is 21.0 Å². The molecular weight excluding hydrogens is 274 g/mol. The Hall–Kier alpha value is -0.0000000000000000555. The van der Waals surface area contributed by atoms with E-state index in [1.54, 1.807) is 0 Å². The van der Waals surface area contributed by atoms with Crippen molar-refractivity contribution in [2.45, 2.75) is 19.4 Å². The predicted molar refractivity (Wildman–Crippen MR) is 68.1 cm³/mol. The molecule has 3 nitrogen and oxygen atoms in total. The first kappa shape index (κ1) is 11.5. The molecule has 1 aliphatic heterocycles. The number of thioether (sulfide) groups is 1. The van der Waals surface area contributed by atoms with E-state index in [1.165, 1.54) is 11.4 Å². The summed E-state index contributed by atoms with van der Waals surface area (Å²) in [7, 11) is 2.00. The Labute approximate surface area is 103 Å². The first-order valence-electron chi connectivity index (χ1n) is 5.11. The molecule has 84 valence electrons. The molecule has 2 heterocycles. The Morgan fingerprint density at radius 3 is 2.80 bits per heavy atom. The van der Waals surface area contributed by atoms with E-state index in [0.29, 0.717) is 12.0 Å². The van der Waals surface area contributed by atoms with Gasteiger partial charge in [-0.25, -0.2) is 0 Å². The third kappa shape index (κ3) is 2.24. The molecule has 1 aliphatic rings. The third-order valence-electron chi connectivity index (χ3n) is 2.96. The molecule has 1 saturated heterocycles. The van der Waals surface area contributed by atoms with Crippen molar-refractivity contribution >= 4 is 27.7 Å². The van der Waals surface area contributed by atoms with Crippen molar-refractivity contribution in [2.24, 2.45) is 18.7 Å². The van der Waals surface area contributed by atoms with Crippen LogP contribution >= 0.6 is 27.7 Å². The average molecular weight is 290 g/mol. The summed E-state index contributed by atoms with van der Waals surface area (Å²) in [5.74, 6) is 2.87. The molecule has 0 spiro atoms. The fraction of sp³-hybridized carbons (Fsp3) is 0.700. The van der Waals surface area contributed by atoms with Gasteiger partial charge in [-0.1, -0.05) is 0 Å². The van der Waals surface area contributed by atoms with Gasteiger partial charge in [0.2, 0.25) is 0 Å². The Morgan fingerprint density at radius 1 is 1.60 bits per heavy atom. The first-order valence-corrected chi connectivity index (χ1v) is 7.05. The molecule has 0 radical (unpaired) electrons.